The van der Waals surface area contributed by atoms with Crippen LogP contribution in [0, 0.1) is 5.92 Å². The lowest BCUT2D eigenvalue weighted by atomic mass is 9.94. The fraction of sp³-hybridized carbons (Fsp3) is 0.619. The maximum atomic E-state index is 12.3. The van der Waals surface area contributed by atoms with Gasteiger partial charge in [-0.2, -0.15) is 0 Å². The molecule has 1 aromatic carbocycles. The largest absolute Gasteiger partial charge is 0.497 e. The molecule has 0 saturated carbocycles. The molecule has 8 heteroatoms. The summed E-state index contributed by atoms with van der Waals surface area (Å²) in [5.74, 6) is 0.0809. The Labute approximate surface area is 171 Å². The number of carbonyl (C=O) groups is 2. The van der Waals surface area contributed by atoms with Crippen molar-refractivity contribution in [3.63, 3.8) is 0 Å². The Morgan fingerprint density at radius 2 is 1.79 bits per heavy atom. The number of anilines is 1. The molecule has 160 valence electrons. The molecule has 8 nitrogen and oxygen atoms in total. The number of piperidine rings is 1. The molecule has 2 saturated heterocycles. The number of rotatable bonds is 6. The molecule has 0 atom stereocenters. The molecule has 2 aliphatic heterocycles. The third kappa shape index (κ3) is 5.83. The van der Waals surface area contributed by atoms with Gasteiger partial charge in [-0.1, -0.05) is 0 Å². The van der Waals surface area contributed by atoms with Crippen molar-refractivity contribution in [2.24, 2.45) is 5.92 Å². The number of ether oxygens (including phenoxy) is 3. The molecule has 0 aromatic heterocycles. The molecule has 2 fully saturated rings. The van der Waals surface area contributed by atoms with Gasteiger partial charge in [0, 0.05) is 31.9 Å². The predicted molar refractivity (Wildman–Crippen MR) is 109 cm³/mol. The molecule has 2 amide bonds. The number of carbonyl (C=O) groups excluding carboxylic acids is 2. The maximum Gasteiger partial charge on any atom is 0.313 e. The Bertz CT molecular complexity index is 698. The van der Waals surface area contributed by atoms with Crippen LogP contribution in [0.4, 0.5) is 5.69 Å². The third-order valence-corrected chi connectivity index (χ3v) is 5.77. The average Bonchev–Trinajstić information content (AvgIpc) is 2.78. The Balaban J connectivity index is 1.43. The van der Waals surface area contributed by atoms with Crippen molar-refractivity contribution in [1.29, 1.82) is 0 Å². The van der Waals surface area contributed by atoms with Gasteiger partial charge in [-0.3, -0.25) is 9.59 Å². The Morgan fingerprint density at radius 1 is 1.07 bits per heavy atom. The molecule has 0 aliphatic carbocycles. The van der Waals surface area contributed by atoms with E-state index >= 15 is 0 Å². The molecular formula is C21H31N3O5. The zero-order chi connectivity index (χ0) is 20.6. The van der Waals surface area contributed by atoms with Crippen molar-refractivity contribution in [3.8, 4) is 11.5 Å². The van der Waals surface area contributed by atoms with Crippen LogP contribution in [0.2, 0.25) is 0 Å². The van der Waals surface area contributed by atoms with Gasteiger partial charge in [0.1, 0.15) is 11.5 Å². The van der Waals surface area contributed by atoms with Gasteiger partial charge in [-0.25, -0.2) is 0 Å². The van der Waals surface area contributed by atoms with Crippen LogP contribution in [0.5, 0.6) is 11.5 Å². The fourth-order valence-corrected chi connectivity index (χ4v) is 3.98. The van der Waals surface area contributed by atoms with Crippen molar-refractivity contribution in [1.82, 2.24) is 10.2 Å². The van der Waals surface area contributed by atoms with Gasteiger partial charge in [0.05, 0.1) is 19.9 Å². The van der Waals surface area contributed by atoms with Crippen LogP contribution in [0.1, 0.15) is 25.7 Å². The van der Waals surface area contributed by atoms with Crippen LogP contribution in [-0.2, 0) is 14.3 Å². The summed E-state index contributed by atoms with van der Waals surface area (Å²) in [5, 5.41) is 5.37. The van der Waals surface area contributed by atoms with Crippen molar-refractivity contribution >= 4 is 17.5 Å². The second-order valence-corrected chi connectivity index (χ2v) is 7.55. The Kier molecular flexibility index (Phi) is 7.71. The summed E-state index contributed by atoms with van der Waals surface area (Å²) in [4.78, 5) is 27.1. The summed E-state index contributed by atoms with van der Waals surface area (Å²) in [6.45, 7) is 4.31. The summed E-state index contributed by atoms with van der Waals surface area (Å²) < 4.78 is 15.8. The normalized spacial score (nSPS) is 18.8. The SMILES string of the molecule is COc1ccc(OC)c(NC(=O)C(=O)NCC2CCN(C3CCOCC3)CC2)c1. The molecule has 0 bridgehead atoms. The van der Waals surface area contributed by atoms with Gasteiger partial charge in [0.25, 0.3) is 0 Å². The van der Waals surface area contributed by atoms with E-state index in [0.717, 1.165) is 52.0 Å². The number of likely N-dealkylation sites (tertiary alicyclic amines) is 1. The standard InChI is InChI=1S/C21H31N3O5/c1-27-17-3-4-19(28-2)18(13-17)23-21(26)20(25)22-14-15-5-9-24(10-6-15)16-7-11-29-12-8-16/h3-4,13,15-16H,5-12,14H2,1-2H3,(H,22,25)(H,23,26). The number of benzene rings is 1. The first-order valence-corrected chi connectivity index (χ1v) is 10.2. The molecule has 0 unspecified atom stereocenters. The van der Waals surface area contributed by atoms with E-state index in [-0.39, 0.29) is 0 Å². The minimum Gasteiger partial charge on any atom is -0.497 e. The van der Waals surface area contributed by atoms with Gasteiger partial charge in [-0.05, 0) is 56.8 Å². The molecule has 2 heterocycles. The number of nitrogens with zero attached hydrogens (tertiary/aromatic N) is 1. The van der Waals surface area contributed by atoms with E-state index in [4.69, 9.17) is 14.2 Å². The monoisotopic (exact) mass is 405 g/mol. The smallest absolute Gasteiger partial charge is 0.313 e. The second kappa shape index (κ2) is 10.5. The lowest BCUT2D eigenvalue weighted by Crippen LogP contribution is -2.46. The van der Waals surface area contributed by atoms with E-state index in [1.165, 1.54) is 14.2 Å². The number of nitrogens with one attached hydrogen (secondary N) is 2. The van der Waals surface area contributed by atoms with Gasteiger partial charge in [0.15, 0.2) is 0 Å². The molecule has 0 radical (unpaired) electrons. The number of hydrogen-bond acceptors (Lipinski definition) is 6. The van der Waals surface area contributed by atoms with Crippen LogP contribution >= 0.6 is 0 Å². The minimum absolute atomic E-state index is 0.397. The summed E-state index contributed by atoms with van der Waals surface area (Å²) >= 11 is 0. The average molecular weight is 405 g/mol. The quantitative estimate of drug-likeness (QED) is 0.700. The van der Waals surface area contributed by atoms with E-state index < -0.39 is 11.8 Å². The lowest BCUT2D eigenvalue weighted by molar-refractivity contribution is -0.136. The second-order valence-electron chi connectivity index (χ2n) is 7.55. The van der Waals surface area contributed by atoms with Gasteiger partial charge >= 0.3 is 11.8 Å². The van der Waals surface area contributed by atoms with Crippen molar-refractivity contribution < 1.29 is 23.8 Å². The minimum atomic E-state index is -0.712. The van der Waals surface area contributed by atoms with Gasteiger partial charge < -0.3 is 29.7 Å². The van der Waals surface area contributed by atoms with Crippen LogP contribution in [0.25, 0.3) is 0 Å². The van der Waals surface area contributed by atoms with Crippen LogP contribution in [0.3, 0.4) is 0 Å². The predicted octanol–water partition coefficient (Wildman–Crippen LogP) is 1.65. The maximum absolute atomic E-state index is 12.3. The number of hydrogen-bond donors (Lipinski definition) is 2. The summed E-state index contributed by atoms with van der Waals surface area (Å²) in [7, 11) is 3.04. The zero-order valence-corrected chi connectivity index (χ0v) is 17.2. The molecule has 3 rings (SSSR count). The first-order valence-electron chi connectivity index (χ1n) is 10.2. The highest BCUT2D eigenvalue weighted by Gasteiger charge is 2.27. The highest BCUT2D eigenvalue weighted by molar-refractivity contribution is 6.39. The van der Waals surface area contributed by atoms with E-state index in [2.05, 4.69) is 15.5 Å². The van der Waals surface area contributed by atoms with Crippen LogP contribution in [0.15, 0.2) is 18.2 Å². The van der Waals surface area contributed by atoms with E-state index in [1.54, 1.807) is 18.2 Å². The van der Waals surface area contributed by atoms with E-state index in [0.29, 0.717) is 35.7 Å². The third-order valence-electron chi connectivity index (χ3n) is 5.77. The number of amides is 2. The summed E-state index contributed by atoms with van der Waals surface area (Å²) in [6.07, 6.45) is 4.27. The first kappa shape index (κ1) is 21.4. The molecule has 2 N–H and O–H groups in total. The Hall–Kier alpha value is -2.32. The molecule has 1 aromatic rings. The van der Waals surface area contributed by atoms with E-state index in [1.807, 2.05) is 0 Å². The molecule has 2 aliphatic rings. The lowest BCUT2D eigenvalue weighted by Gasteiger charge is -2.39. The Morgan fingerprint density at radius 3 is 2.45 bits per heavy atom. The molecular weight excluding hydrogens is 374 g/mol. The zero-order valence-electron chi connectivity index (χ0n) is 17.2. The van der Waals surface area contributed by atoms with Crippen molar-refractivity contribution in [3.05, 3.63) is 18.2 Å². The first-order chi connectivity index (χ1) is 14.1. The highest BCUT2D eigenvalue weighted by Crippen LogP contribution is 2.29. The molecule has 0 spiro atoms. The van der Waals surface area contributed by atoms with E-state index in [9.17, 15) is 9.59 Å². The van der Waals surface area contributed by atoms with Crippen LogP contribution in [-0.4, -0.2) is 69.8 Å². The highest BCUT2D eigenvalue weighted by atomic mass is 16.5. The topological polar surface area (TPSA) is 89.1 Å². The summed E-state index contributed by atoms with van der Waals surface area (Å²) in [5.41, 5.74) is 0.400. The van der Waals surface area contributed by atoms with Crippen LogP contribution < -0.4 is 20.1 Å². The fourth-order valence-electron chi connectivity index (χ4n) is 3.98. The van der Waals surface area contributed by atoms with Crippen molar-refractivity contribution in [2.45, 2.75) is 31.7 Å². The van der Waals surface area contributed by atoms with Gasteiger partial charge in [-0.15, -0.1) is 0 Å². The number of methoxy groups -OCH3 is 2. The summed E-state index contributed by atoms with van der Waals surface area (Å²) in [6, 6.07) is 5.65. The van der Waals surface area contributed by atoms with Crippen molar-refractivity contribution in [2.75, 3.05) is 52.4 Å². The molecule has 29 heavy (non-hydrogen) atoms. The van der Waals surface area contributed by atoms with Gasteiger partial charge in [0.2, 0.25) is 0 Å².